The number of benzene rings is 1. The van der Waals surface area contributed by atoms with Gasteiger partial charge in [-0.05, 0) is 57.9 Å². The summed E-state index contributed by atoms with van der Waals surface area (Å²) >= 11 is 0. The van der Waals surface area contributed by atoms with Gasteiger partial charge in [0.05, 0.1) is 13.2 Å². The molecule has 120 valence electrons. The Morgan fingerprint density at radius 3 is 2.36 bits per heavy atom. The number of methoxy groups -OCH3 is 1. The zero-order valence-corrected chi connectivity index (χ0v) is 13.6. The normalized spacial score (nSPS) is 18.2. The lowest BCUT2D eigenvalue weighted by atomic mass is 10.0. The lowest BCUT2D eigenvalue weighted by Gasteiger charge is -2.28. The third kappa shape index (κ3) is 3.78. The van der Waals surface area contributed by atoms with Crippen molar-refractivity contribution < 1.29 is 19.1 Å². The minimum Gasteiger partial charge on any atom is -0.497 e. The number of hydrogen-bond donors (Lipinski definition) is 0. The van der Waals surface area contributed by atoms with Gasteiger partial charge in [0.15, 0.2) is 5.78 Å². The van der Waals surface area contributed by atoms with E-state index >= 15 is 0 Å². The number of Topliss-reactive ketones (excluding diaryl/α,β-unsaturated/α-hetero) is 1. The maximum atomic E-state index is 12.6. The maximum Gasteiger partial charge on any atom is 0.410 e. The molecule has 0 bridgehead atoms. The molecule has 1 heterocycles. The Morgan fingerprint density at radius 1 is 1.18 bits per heavy atom. The van der Waals surface area contributed by atoms with E-state index in [4.69, 9.17) is 9.47 Å². The number of ketones is 1. The van der Waals surface area contributed by atoms with E-state index in [-0.39, 0.29) is 5.78 Å². The summed E-state index contributed by atoms with van der Waals surface area (Å²) in [7, 11) is 1.58. The van der Waals surface area contributed by atoms with Crippen LogP contribution in [0.4, 0.5) is 4.79 Å². The summed E-state index contributed by atoms with van der Waals surface area (Å²) in [4.78, 5) is 26.4. The molecule has 2 rings (SSSR count). The molecule has 1 aromatic carbocycles. The van der Waals surface area contributed by atoms with Crippen LogP contribution in [-0.2, 0) is 4.74 Å². The molecular formula is C17H23NO4. The number of rotatable bonds is 3. The number of hydrogen-bond acceptors (Lipinski definition) is 4. The van der Waals surface area contributed by atoms with Gasteiger partial charge in [-0.3, -0.25) is 9.69 Å². The Kier molecular flexibility index (Phi) is 4.74. The van der Waals surface area contributed by atoms with Gasteiger partial charge in [-0.1, -0.05) is 0 Å². The predicted molar refractivity (Wildman–Crippen MR) is 83.3 cm³/mol. The number of carbonyl (C=O) groups is 2. The minimum atomic E-state index is -0.562. The standard InChI is InChI=1S/C17H23NO4/c1-17(2,3)22-16(20)18-11-5-6-14(18)15(19)12-7-9-13(21-4)10-8-12/h7-10,14H,5-6,11H2,1-4H3/t14-/m1/s1. The first-order valence-electron chi connectivity index (χ1n) is 7.50. The summed E-state index contributed by atoms with van der Waals surface area (Å²) < 4.78 is 10.5. The van der Waals surface area contributed by atoms with Crippen LogP contribution in [-0.4, -0.2) is 42.1 Å². The smallest absolute Gasteiger partial charge is 0.410 e. The quantitative estimate of drug-likeness (QED) is 0.804. The number of amides is 1. The number of carbonyl (C=O) groups excluding carboxylic acids is 2. The van der Waals surface area contributed by atoms with Gasteiger partial charge in [-0.15, -0.1) is 0 Å². The van der Waals surface area contributed by atoms with E-state index in [1.807, 2.05) is 20.8 Å². The highest BCUT2D eigenvalue weighted by molar-refractivity contribution is 6.01. The van der Waals surface area contributed by atoms with Crippen LogP contribution in [0.15, 0.2) is 24.3 Å². The van der Waals surface area contributed by atoms with Crippen molar-refractivity contribution >= 4 is 11.9 Å². The van der Waals surface area contributed by atoms with E-state index in [1.165, 1.54) is 4.90 Å². The third-order valence-corrected chi connectivity index (χ3v) is 3.56. The lowest BCUT2D eigenvalue weighted by molar-refractivity contribution is 0.0222. The van der Waals surface area contributed by atoms with E-state index in [1.54, 1.807) is 31.4 Å². The molecule has 0 unspecified atom stereocenters. The molecular weight excluding hydrogens is 282 g/mol. The zero-order valence-electron chi connectivity index (χ0n) is 13.6. The first kappa shape index (κ1) is 16.3. The van der Waals surface area contributed by atoms with Crippen molar-refractivity contribution in [2.75, 3.05) is 13.7 Å². The van der Waals surface area contributed by atoms with E-state index in [9.17, 15) is 9.59 Å². The van der Waals surface area contributed by atoms with Gasteiger partial charge in [0, 0.05) is 12.1 Å². The van der Waals surface area contributed by atoms with Gasteiger partial charge in [0.25, 0.3) is 0 Å². The molecule has 1 atom stereocenters. The van der Waals surface area contributed by atoms with Crippen LogP contribution >= 0.6 is 0 Å². The molecule has 0 radical (unpaired) electrons. The minimum absolute atomic E-state index is 0.0500. The first-order valence-corrected chi connectivity index (χ1v) is 7.50. The van der Waals surface area contributed by atoms with Crippen molar-refractivity contribution in [1.29, 1.82) is 0 Å². The van der Waals surface area contributed by atoms with Crippen molar-refractivity contribution in [3.05, 3.63) is 29.8 Å². The molecule has 0 aromatic heterocycles. The Bertz CT molecular complexity index is 545. The SMILES string of the molecule is COc1ccc(C(=O)[C@H]2CCCN2C(=O)OC(C)(C)C)cc1. The third-order valence-electron chi connectivity index (χ3n) is 3.56. The Labute approximate surface area is 131 Å². The van der Waals surface area contributed by atoms with Gasteiger partial charge in [0.2, 0.25) is 0 Å². The molecule has 0 N–H and O–H groups in total. The molecule has 0 aliphatic carbocycles. The molecule has 22 heavy (non-hydrogen) atoms. The lowest BCUT2D eigenvalue weighted by Crippen LogP contribution is -2.43. The van der Waals surface area contributed by atoms with Crippen LogP contribution in [0.5, 0.6) is 5.75 Å². The summed E-state index contributed by atoms with van der Waals surface area (Å²) in [5.41, 5.74) is 0.0224. The average Bonchev–Trinajstić information content (AvgIpc) is 2.94. The van der Waals surface area contributed by atoms with Crippen LogP contribution in [0.2, 0.25) is 0 Å². The molecule has 1 aliphatic rings. The molecule has 5 heteroatoms. The van der Waals surface area contributed by atoms with Crippen molar-refractivity contribution in [3.63, 3.8) is 0 Å². The van der Waals surface area contributed by atoms with Crippen LogP contribution in [0, 0.1) is 0 Å². The van der Waals surface area contributed by atoms with Crippen molar-refractivity contribution in [2.45, 2.75) is 45.3 Å². The maximum absolute atomic E-state index is 12.6. The summed E-state index contributed by atoms with van der Waals surface area (Å²) in [5.74, 6) is 0.651. The molecule has 5 nitrogen and oxygen atoms in total. The molecule has 1 aromatic rings. The summed E-state index contributed by atoms with van der Waals surface area (Å²) in [6.07, 6.45) is 1.06. The van der Waals surface area contributed by atoms with Crippen LogP contribution in [0.1, 0.15) is 44.0 Å². The van der Waals surface area contributed by atoms with E-state index in [0.717, 1.165) is 6.42 Å². The monoisotopic (exact) mass is 305 g/mol. The Hall–Kier alpha value is -2.04. The second-order valence-corrected chi connectivity index (χ2v) is 6.42. The largest absolute Gasteiger partial charge is 0.497 e. The van der Waals surface area contributed by atoms with Gasteiger partial charge >= 0.3 is 6.09 Å². The fourth-order valence-corrected chi connectivity index (χ4v) is 2.53. The topological polar surface area (TPSA) is 55.8 Å². The van der Waals surface area contributed by atoms with Gasteiger partial charge in [-0.2, -0.15) is 0 Å². The number of nitrogens with zero attached hydrogens (tertiary/aromatic N) is 1. The Balaban J connectivity index is 2.12. The highest BCUT2D eigenvalue weighted by Crippen LogP contribution is 2.24. The van der Waals surface area contributed by atoms with Gasteiger partial charge < -0.3 is 9.47 Å². The Morgan fingerprint density at radius 2 is 1.82 bits per heavy atom. The van der Waals surface area contributed by atoms with E-state index in [2.05, 4.69) is 0 Å². The fraction of sp³-hybridized carbons (Fsp3) is 0.529. The predicted octanol–water partition coefficient (Wildman–Crippen LogP) is 3.28. The van der Waals surface area contributed by atoms with Gasteiger partial charge in [0.1, 0.15) is 11.4 Å². The summed E-state index contributed by atoms with van der Waals surface area (Å²) in [6.45, 7) is 6.02. The summed E-state index contributed by atoms with van der Waals surface area (Å²) in [5, 5.41) is 0. The van der Waals surface area contributed by atoms with Crippen LogP contribution in [0.25, 0.3) is 0 Å². The average molecular weight is 305 g/mol. The van der Waals surface area contributed by atoms with E-state index < -0.39 is 17.7 Å². The second kappa shape index (κ2) is 6.38. The second-order valence-electron chi connectivity index (χ2n) is 6.42. The summed E-state index contributed by atoms with van der Waals surface area (Å²) in [6, 6.07) is 6.52. The van der Waals surface area contributed by atoms with Crippen molar-refractivity contribution in [3.8, 4) is 5.75 Å². The van der Waals surface area contributed by atoms with Gasteiger partial charge in [-0.25, -0.2) is 4.79 Å². The van der Waals surface area contributed by atoms with Crippen molar-refractivity contribution in [2.24, 2.45) is 0 Å². The highest BCUT2D eigenvalue weighted by Gasteiger charge is 2.36. The molecule has 1 saturated heterocycles. The molecule has 0 spiro atoms. The number of likely N-dealkylation sites (tertiary alicyclic amines) is 1. The zero-order chi connectivity index (χ0) is 16.3. The molecule has 1 amide bonds. The highest BCUT2D eigenvalue weighted by atomic mass is 16.6. The van der Waals surface area contributed by atoms with Crippen LogP contribution in [0.3, 0.4) is 0 Å². The number of ether oxygens (including phenoxy) is 2. The molecule has 1 aliphatic heterocycles. The van der Waals surface area contributed by atoms with Crippen LogP contribution < -0.4 is 4.74 Å². The fourth-order valence-electron chi connectivity index (χ4n) is 2.53. The molecule has 1 fully saturated rings. The first-order chi connectivity index (χ1) is 10.3. The molecule has 0 saturated carbocycles. The van der Waals surface area contributed by atoms with Crippen molar-refractivity contribution in [1.82, 2.24) is 4.90 Å². The van der Waals surface area contributed by atoms with E-state index in [0.29, 0.717) is 24.3 Å².